The molecule has 0 fully saturated rings. The van der Waals surface area contributed by atoms with Crippen molar-refractivity contribution in [2.45, 2.75) is 6.04 Å². The number of aromatic hydroxyl groups is 1. The quantitative estimate of drug-likeness (QED) is 0.450. The van der Waals surface area contributed by atoms with Crippen molar-refractivity contribution in [2.75, 3.05) is 10.6 Å². The Kier molecular flexibility index (Phi) is 3.22. The summed E-state index contributed by atoms with van der Waals surface area (Å²) in [6, 6.07) is 16.3. The lowest BCUT2D eigenvalue weighted by Crippen LogP contribution is -2.11. The Morgan fingerprint density at radius 3 is 2.41 bits per heavy atom. The number of aromatic nitrogens is 1. The minimum absolute atomic E-state index is 0.116. The molecular weight excluding hydrogens is 389 g/mol. The molecule has 0 saturated heterocycles. The minimum Gasteiger partial charge on any atom is -0.494 e. The number of halogens is 1. The number of fused-ring (bicyclic) bond motifs is 2. The van der Waals surface area contributed by atoms with Gasteiger partial charge in [0.05, 0.1) is 28.7 Å². The predicted octanol–water partition coefficient (Wildman–Crippen LogP) is 4.58. The molecule has 0 radical (unpaired) electrons. The highest BCUT2D eigenvalue weighted by Crippen LogP contribution is 2.43. The summed E-state index contributed by atoms with van der Waals surface area (Å²) < 4.78 is 1.19. The number of hydrogen-bond donors (Lipinski definition) is 4. The standard InChI is InChI=1S/C17H14IN3O/c18-11-7-5-10(6-8-11)16-15-14(9-19-17(15)22)20-12-3-1-2-4-13(12)21-16/h1-9,16,19-22H. The average Bonchev–Trinajstić information content (AvgIpc) is 2.79. The molecule has 0 spiro atoms. The zero-order valence-corrected chi connectivity index (χ0v) is 13.8. The molecule has 0 amide bonds. The molecule has 4 nitrogen and oxygen atoms in total. The van der Waals surface area contributed by atoms with Crippen molar-refractivity contribution in [3.8, 4) is 5.88 Å². The topological polar surface area (TPSA) is 60.1 Å². The van der Waals surface area contributed by atoms with Gasteiger partial charge in [0.25, 0.3) is 0 Å². The molecule has 0 bridgehead atoms. The number of para-hydroxylation sites is 2. The van der Waals surface area contributed by atoms with E-state index in [1.807, 2.05) is 24.3 Å². The first-order valence-corrected chi connectivity index (χ1v) is 8.08. The fourth-order valence-electron chi connectivity index (χ4n) is 2.82. The fraction of sp³-hybridized carbons (Fsp3) is 0.0588. The van der Waals surface area contributed by atoms with Crippen LogP contribution in [0.4, 0.5) is 17.1 Å². The van der Waals surface area contributed by atoms with Crippen molar-refractivity contribution < 1.29 is 5.11 Å². The van der Waals surface area contributed by atoms with Crippen molar-refractivity contribution in [3.63, 3.8) is 0 Å². The zero-order chi connectivity index (χ0) is 15.1. The first-order valence-electron chi connectivity index (χ1n) is 7.00. The van der Waals surface area contributed by atoms with Gasteiger partial charge in [-0.1, -0.05) is 24.3 Å². The van der Waals surface area contributed by atoms with E-state index in [2.05, 4.69) is 62.5 Å². The van der Waals surface area contributed by atoms with Crippen LogP contribution in [0.1, 0.15) is 17.2 Å². The second kappa shape index (κ2) is 5.24. The third kappa shape index (κ3) is 2.21. The van der Waals surface area contributed by atoms with E-state index in [-0.39, 0.29) is 11.9 Å². The summed E-state index contributed by atoms with van der Waals surface area (Å²) in [7, 11) is 0. The number of aromatic amines is 1. The Balaban J connectivity index is 1.89. The molecular formula is C17H14IN3O. The Labute approximate surface area is 141 Å². The summed E-state index contributed by atoms with van der Waals surface area (Å²) in [4.78, 5) is 2.90. The summed E-state index contributed by atoms with van der Waals surface area (Å²) >= 11 is 2.29. The average molecular weight is 403 g/mol. The molecule has 0 saturated carbocycles. The highest BCUT2D eigenvalue weighted by Gasteiger charge is 2.26. The summed E-state index contributed by atoms with van der Waals surface area (Å²) in [5.74, 6) is 0.186. The van der Waals surface area contributed by atoms with Crippen LogP contribution in [0.3, 0.4) is 0 Å². The van der Waals surface area contributed by atoms with Gasteiger partial charge in [-0.05, 0) is 52.4 Å². The number of benzene rings is 2. The largest absolute Gasteiger partial charge is 0.494 e. The SMILES string of the molecule is Oc1[nH]cc2c1C(c1ccc(I)cc1)Nc1ccccc1N2. The van der Waals surface area contributed by atoms with E-state index in [9.17, 15) is 5.11 Å². The summed E-state index contributed by atoms with van der Waals surface area (Å²) in [6.07, 6.45) is 1.80. The van der Waals surface area contributed by atoms with E-state index in [1.165, 1.54) is 3.57 Å². The molecule has 4 N–H and O–H groups in total. The highest BCUT2D eigenvalue weighted by atomic mass is 127. The van der Waals surface area contributed by atoms with Crippen molar-refractivity contribution in [1.82, 2.24) is 4.98 Å². The predicted molar refractivity (Wildman–Crippen MR) is 96.8 cm³/mol. The van der Waals surface area contributed by atoms with Gasteiger partial charge in [-0.2, -0.15) is 0 Å². The Morgan fingerprint density at radius 2 is 1.64 bits per heavy atom. The number of nitrogens with one attached hydrogen (secondary N) is 3. The first kappa shape index (κ1) is 13.5. The summed E-state index contributed by atoms with van der Waals surface area (Å²) in [6.45, 7) is 0. The number of anilines is 3. The van der Waals surface area contributed by atoms with Crippen molar-refractivity contribution >= 4 is 39.7 Å². The third-order valence-corrected chi connectivity index (χ3v) is 4.61. The monoisotopic (exact) mass is 403 g/mol. The maximum Gasteiger partial charge on any atom is 0.196 e. The maximum atomic E-state index is 10.2. The second-order valence-corrected chi connectivity index (χ2v) is 6.51. The van der Waals surface area contributed by atoms with E-state index >= 15 is 0 Å². The van der Waals surface area contributed by atoms with Gasteiger partial charge in [-0.3, -0.25) is 0 Å². The van der Waals surface area contributed by atoms with Gasteiger partial charge in [-0.25, -0.2) is 0 Å². The Hall–Kier alpha value is -2.15. The lowest BCUT2D eigenvalue weighted by Gasteiger charge is -2.19. The van der Waals surface area contributed by atoms with Crippen LogP contribution in [0.5, 0.6) is 5.88 Å². The normalized spacial score (nSPS) is 16.0. The fourth-order valence-corrected chi connectivity index (χ4v) is 3.17. The first-order chi connectivity index (χ1) is 10.7. The third-order valence-electron chi connectivity index (χ3n) is 3.89. The lowest BCUT2D eigenvalue weighted by molar-refractivity contribution is 0.449. The van der Waals surface area contributed by atoms with Crippen LogP contribution in [0, 0.1) is 3.57 Å². The van der Waals surface area contributed by atoms with Crippen LogP contribution in [0.25, 0.3) is 0 Å². The van der Waals surface area contributed by atoms with Crippen LogP contribution >= 0.6 is 22.6 Å². The molecule has 1 atom stereocenters. The second-order valence-electron chi connectivity index (χ2n) is 5.26. The van der Waals surface area contributed by atoms with Gasteiger partial charge >= 0.3 is 0 Å². The van der Waals surface area contributed by atoms with Crippen LogP contribution in [-0.2, 0) is 0 Å². The van der Waals surface area contributed by atoms with Gasteiger partial charge in [0, 0.05) is 9.77 Å². The van der Waals surface area contributed by atoms with Crippen LogP contribution in [0.2, 0.25) is 0 Å². The van der Waals surface area contributed by atoms with Crippen LogP contribution < -0.4 is 10.6 Å². The van der Waals surface area contributed by atoms with Crippen molar-refractivity contribution in [1.29, 1.82) is 0 Å². The Bertz CT molecular complexity index is 826. The zero-order valence-electron chi connectivity index (χ0n) is 11.6. The van der Waals surface area contributed by atoms with E-state index in [0.29, 0.717) is 0 Å². The molecule has 2 aromatic carbocycles. The minimum atomic E-state index is -0.116. The molecule has 22 heavy (non-hydrogen) atoms. The Morgan fingerprint density at radius 1 is 0.909 bits per heavy atom. The molecule has 1 aromatic heterocycles. The van der Waals surface area contributed by atoms with E-state index in [0.717, 1.165) is 28.2 Å². The summed E-state index contributed by atoms with van der Waals surface area (Å²) in [5, 5.41) is 17.2. The van der Waals surface area contributed by atoms with E-state index in [4.69, 9.17) is 0 Å². The van der Waals surface area contributed by atoms with Gasteiger partial charge < -0.3 is 20.7 Å². The smallest absolute Gasteiger partial charge is 0.196 e. The van der Waals surface area contributed by atoms with E-state index < -0.39 is 0 Å². The maximum absolute atomic E-state index is 10.2. The van der Waals surface area contributed by atoms with Gasteiger partial charge in [0.15, 0.2) is 5.88 Å². The summed E-state index contributed by atoms with van der Waals surface area (Å²) in [5.41, 5.74) is 4.84. The molecule has 3 aromatic rings. The van der Waals surface area contributed by atoms with Gasteiger partial charge in [-0.15, -0.1) is 0 Å². The van der Waals surface area contributed by atoms with Crippen LogP contribution in [-0.4, -0.2) is 10.1 Å². The molecule has 1 aliphatic heterocycles. The lowest BCUT2D eigenvalue weighted by atomic mass is 10.00. The number of H-pyrrole nitrogens is 1. The van der Waals surface area contributed by atoms with E-state index in [1.54, 1.807) is 6.20 Å². The van der Waals surface area contributed by atoms with Gasteiger partial charge in [0.1, 0.15) is 0 Å². The molecule has 1 unspecified atom stereocenters. The van der Waals surface area contributed by atoms with Crippen molar-refractivity contribution in [2.24, 2.45) is 0 Å². The highest BCUT2D eigenvalue weighted by molar-refractivity contribution is 14.1. The van der Waals surface area contributed by atoms with Gasteiger partial charge in [0.2, 0.25) is 0 Å². The number of rotatable bonds is 1. The molecule has 1 aliphatic rings. The molecule has 0 aliphatic carbocycles. The number of hydrogen-bond acceptors (Lipinski definition) is 3. The van der Waals surface area contributed by atoms with Crippen LogP contribution in [0.15, 0.2) is 54.7 Å². The molecule has 110 valence electrons. The molecule has 5 heteroatoms. The molecule has 4 rings (SSSR count). The van der Waals surface area contributed by atoms with Crippen molar-refractivity contribution in [3.05, 3.63) is 69.4 Å². The molecule has 2 heterocycles.